The minimum Gasteiger partial charge on any atom is -0.497 e. The summed E-state index contributed by atoms with van der Waals surface area (Å²) in [5, 5.41) is 4.91. The molecule has 0 aliphatic heterocycles. The van der Waals surface area contributed by atoms with Crippen molar-refractivity contribution < 1.29 is 9.47 Å². The van der Waals surface area contributed by atoms with E-state index in [9.17, 15) is 0 Å². The Bertz CT molecular complexity index is 1180. The van der Waals surface area contributed by atoms with Crippen molar-refractivity contribution in [3.05, 3.63) is 84.1 Å². The lowest BCUT2D eigenvalue weighted by Crippen LogP contribution is -2.18. The molecule has 0 amide bonds. The molecule has 4 aromatic rings. The Hall–Kier alpha value is -3.24. The molecular formula is C27H30N2O2. The number of benzene rings is 3. The first kappa shape index (κ1) is 21.0. The van der Waals surface area contributed by atoms with Gasteiger partial charge in [0.15, 0.2) is 0 Å². The normalized spacial score (nSPS) is 12.1. The average molecular weight is 415 g/mol. The van der Waals surface area contributed by atoms with E-state index in [1.54, 1.807) is 14.2 Å². The highest BCUT2D eigenvalue weighted by Crippen LogP contribution is 2.33. The van der Waals surface area contributed by atoms with Crippen LogP contribution in [0.3, 0.4) is 0 Å². The van der Waals surface area contributed by atoms with E-state index in [-0.39, 0.29) is 6.04 Å². The van der Waals surface area contributed by atoms with Crippen molar-refractivity contribution in [2.24, 2.45) is 0 Å². The summed E-state index contributed by atoms with van der Waals surface area (Å²) in [4.78, 5) is 0. The van der Waals surface area contributed by atoms with Gasteiger partial charge >= 0.3 is 0 Å². The molecule has 0 fully saturated rings. The van der Waals surface area contributed by atoms with Crippen LogP contribution in [-0.2, 0) is 13.1 Å². The van der Waals surface area contributed by atoms with Gasteiger partial charge < -0.3 is 19.4 Å². The molecule has 4 nitrogen and oxygen atoms in total. The third-order valence-corrected chi connectivity index (χ3v) is 5.87. The number of hydrogen-bond donors (Lipinski definition) is 1. The lowest BCUT2D eigenvalue weighted by atomic mass is 10.0. The number of nitrogens with one attached hydrogen (secondary N) is 1. The highest BCUT2D eigenvalue weighted by molar-refractivity contribution is 5.96. The fourth-order valence-corrected chi connectivity index (χ4v) is 4.04. The third-order valence-electron chi connectivity index (χ3n) is 5.87. The molecule has 0 saturated carbocycles. The minimum absolute atomic E-state index is 0.226. The summed E-state index contributed by atoms with van der Waals surface area (Å²) >= 11 is 0. The van der Waals surface area contributed by atoms with Crippen LogP contribution in [0.25, 0.3) is 22.0 Å². The molecule has 0 aliphatic carbocycles. The lowest BCUT2D eigenvalue weighted by molar-refractivity contribution is 0.413. The van der Waals surface area contributed by atoms with E-state index in [0.717, 1.165) is 24.6 Å². The zero-order valence-electron chi connectivity index (χ0n) is 18.7. The predicted octanol–water partition coefficient (Wildman–Crippen LogP) is 6.20. The molecule has 0 spiro atoms. The first-order valence-electron chi connectivity index (χ1n) is 10.8. The Morgan fingerprint density at radius 1 is 0.903 bits per heavy atom. The van der Waals surface area contributed by atoms with Crippen LogP contribution in [0.2, 0.25) is 0 Å². The zero-order valence-corrected chi connectivity index (χ0v) is 18.7. The lowest BCUT2D eigenvalue weighted by Gasteiger charge is -2.15. The maximum absolute atomic E-state index is 5.44. The van der Waals surface area contributed by atoms with E-state index in [2.05, 4.69) is 72.4 Å². The van der Waals surface area contributed by atoms with Crippen LogP contribution >= 0.6 is 0 Å². The van der Waals surface area contributed by atoms with Crippen molar-refractivity contribution in [3.8, 4) is 22.6 Å². The Kier molecular flexibility index (Phi) is 6.28. The van der Waals surface area contributed by atoms with E-state index in [1.807, 2.05) is 24.3 Å². The number of aryl methyl sites for hydroxylation is 1. The number of fused-ring (bicyclic) bond motifs is 1. The topological polar surface area (TPSA) is 35.4 Å². The minimum atomic E-state index is 0.226. The average Bonchev–Trinajstić information content (AvgIpc) is 3.20. The van der Waals surface area contributed by atoms with E-state index in [4.69, 9.17) is 9.47 Å². The van der Waals surface area contributed by atoms with Gasteiger partial charge in [-0.1, -0.05) is 30.3 Å². The molecule has 1 heterocycles. The largest absolute Gasteiger partial charge is 0.497 e. The highest BCUT2D eigenvalue weighted by atomic mass is 16.5. The summed E-state index contributed by atoms with van der Waals surface area (Å²) < 4.78 is 13.1. The molecule has 3 aromatic carbocycles. The molecule has 0 aliphatic rings. The first-order chi connectivity index (χ1) is 15.1. The van der Waals surface area contributed by atoms with Crippen LogP contribution in [0.5, 0.6) is 11.5 Å². The fourth-order valence-electron chi connectivity index (χ4n) is 4.04. The second-order valence-corrected chi connectivity index (χ2v) is 7.79. The van der Waals surface area contributed by atoms with Gasteiger partial charge in [-0.05, 0) is 66.9 Å². The Morgan fingerprint density at radius 3 is 2.39 bits per heavy atom. The number of methoxy groups -OCH3 is 2. The zero-order chi connectivity index (χ0) is 21.8. The molecule has 4 rings (SSSR count). The number of ether oxygens (including phenoxy) is 2. The molecule has 160 valence electrons. The third kappa shape index (κ3) is 4.44. The summed E-state index contributed by atoms with van der Waals surface area (Å²) in [6.07, 6.45) is 2.25. The highest BCUT2D eigenvalue weighted by Gasteiger charge is 2.12. The van der Waals surface area contributed by atoms with Gasteiger partial charge in [-0.25, -0.2) is 0 Å². The van der Waals surface area contributed by atoms with E-state index < -0.39 is 0 Å². The maximum Gasteiger partial charge on any atom is 0.119 e. The fraction of sp³-hybridized carbons (Fsp3) is 0.259. The van der Waals surface area contributed by atoms with E-state index in [0.29, 0.717) is 0 Å². The Labute approximate surface area is 184 Å². The quantitative estimate of drug-likeness (QED) is 0.373. The van der Waals surface area contributed by atoms with Crippen LogP contribution in [0.4, 0.5) is 0 Å². The van der Waals surface area contributed by atoms with Crippen molar-refractivity contribution in [1.82, 2.24) is 9.88 Å². The van der Waals surface area contributed by atoms with Gasteiger partial charge in [0.1, 0.15) is 11.5 Å². The molecule has 1 atom stereocenters. The van der Waals surface area contributed by atoms with Crippen molar-refractivity contribution in [2.75, 3.05) is 14.2 Å². The monoisotopic (exact) mass is 414 g/mol. The SMILES string of the molecule is CCn1cc(-c2cccc(OC)c2)c2cc(CN[C@H](C)c3cccc(OC)c3)ccc21. The number of aromatic nitrogens is 1. The van der Waals surface area contributed by atoms with Gasteiger partial charge in [-0.2, -0.15) is 0 Å². The molecule has 0 radical (unpaired) electrons. The predicted molar refractivity (Wildman–Crippen MR) is 128 cm³/mol. The van der Waals surface area contributed by atoms with Crippen molar-refractivity contribution >= 4 is 10.9 Å². The Balaban J connectivity index is 1.62. The standard InChI is InChI=1S/C27H30N2O2/c1-5-29-18-26(22-9-7-11-24(16-22)31-4)25-14-20(12-13-27(25)29)17-28-19(2)21-8-6-10-23(15-21)30-3/h6-16,18-19,28H,5,17H2,1-4H3/t19-/m1/s1. The molecular weight excluding hydrogens is 384 g/mol. The van der Waals surface area contributed by atoms with Crippen LogP contribution in [0, 0.1) is 0 Å². The van der Waals surface area contributed by atoms with Crippen LogP contribution in [0.15, 0.2) is 72.9 Å². The summed E-state index contributed by atoms with van der Waals surface area (Å²) in [6, 6.07) is 23.5. The van der Waals surface area contributed by atoms with Crippen molar-refractivity contribution in [2.45, 2.75) is 33.0 Å². The molecule has 31 heavy (non-hydrogen) atoms. The number of rotatable bonds is 8. The van der Waals surface area contributed by atoms with E-state index in [1.165, 1.54) is 33.2 Å². The summed E-state index contributed by atoms with van der Waals surface area (Å²) in [5.41, 5.74) is 6.14. The summed E-state index contributed by atoms with van der Waals surface area (Å²) in [5.74, 6) is 1.76. The number of hydrogen-bond acceptors (Lipinski definition) is 3. The van der Waals surface area contributed by atoms with Crippen LogP contribution in [0.1, 0.15) is 31.0 Å². The van der Waals surface area contributed by atoms with Crippen LogP contribution < -0.4 is 14.8 Å². The molecule has 0 saturated heterocycles. The summed E-state index contributed by atoms with van der Waals surface area (Å²) in [6.45, 7) is 6.09. The van der Waals surface area contributed by atoms with Gasteiger partial charge in [-0.3, -0.25) is 0 Å². The molecule has 0 bridgehead atoms. The maximum atomic E-state index is 5.44. The van der Waals surface area contributed by atoms with Gasteiger partial charge in [-0.15, -0.1) is 0 Å². The smallest absolute Gasteiger partial charge is 0.119 e. The molecule has 0 unspecified atom stereocenters. The first-order valence-corrected chi connectivity index (χ1v) is 10.8. The van der Waals surface area contributed by atoms with Gasteiger partial charge in [0.05, 0.1) is 14.2 Å². The number of nitrogens with zero attached hydrogens (tertiary/aromatic N) is 1. The van der Waals surface area contributed by atoms with Gasteiger partial charge in [0.25, 0.3) is 0 Å². The second kappa shape index (κ2) is 9.27. The summed E-state index contributed by atoms with van der Waals surface area (Å²) in [7, 11) is 3.41. The van der Waals surface area contributed by atoms with Crippen molar-refractivity contribution in [1.29, 1.82) is 0 Å². The van der Waals surface area contributed by atoms with Crippen molar-refractivity contribution in [3.63, 3.8) is 0 Å². The van der Waals surface area contributed by atoms with E-state index >= 15 is 0 Å². The second-order valence-electron chi connectivity index (χ2n) is 7.79. The van der Waals surface area contributed by atoms with Gasteiger partial charge in [0.2, 0.25) is 0 Å². The Morgan fingerprint density at radius 2 is 1.65 bits per heavy atom. The van der Waals surface area contributed by atoms with Crippen LogP contribution in [-0.4, -0.2) is 18.8 Å². The molecule has 4 heteroatoms. The van der Waals surface area contributed by atoms with Gasteiger partial charge in [0, 0.05) is 41.8 Å². The molecule has 1 N–H and O–H groups in total. The molecule has 1 aromatic heterocycles.